The first-order valence-electron chi connectivity index (χ1n) is 5.07. The summed E-state index contributed by atoms with van der Waals surface area (Å²) in [4.78, 5) is 24.7. The minimum atomic E-state index is -1.08. The molecule has 1 aliphatic carbocycles. The summed E-state index contributed by atoms with van der Waals surface area (Å²) < 4.78 is 0. The van der Waals surface area contributed by atoms with Crippen molar-refractivity contribution in [3.05, 3.63) is 34.1 Å². The first kappa shape index (κ1) is 11.5. The Bertz CT molecular complexity index is 467. The minimum Gasteiger partial charge on any atom is -0.480 e. The van der Waals surface area contributed by atoms with Crippen LogP contribution in [0.2, 0.25) is 0 Å². The van der Waals surface area contributed by atoms with Crippen LogP contribution in [0.1, 0.15) is 18.5 Å². The number of rotatable bonds is 4. The molecule has 1 heterocycles. The predicted molar refractivity (Wildman–Crippen MR) is 57.4 cm³/mol. The highest BCUT2D eigenvalue weighted by Crippen LogP contribution is 2.49. The molecule has 1 aromatic heterocycles. The predicted octanol–water partition coefficient (Wildman–Crippen LogP) is 0.433. The monoisotopic (exact) mass is 237 g/mol. The van der Waals surface area contributed by atoms with E-state index in [1.807, 2.05) is 0 Å². The lowest BCUT2D eigenvalue weighted by atomic mass is 9.92. The standard InChI is InChI=1S/C10H11N3O4/c11-8(9(14)15)10(3-4-10)7-2-1-6(5-12-7)13(16)17/h1-2,5,8H,3-4,11H2,(H,14,15). The fraction of sp³-hybridized carbons (Fsp3) is 0.400. The number of pyridine rings is 1. The molecule has 0 amide bonds. The molecule has 2 rings (SSSR count). The molecular formula is C10H11N3O4. The Labute approximate surface area is 96.4 Å². The fourth-order valence-electron chi connectivity index (χ4n) is 1.89. The number of carbonyl (C=O) groups is 1. The Balaban J connectivity index is 2.29. The molecule has 90 valence electrons. The smallest absolute Gasteiger partial charge is 0.321 e. The van der Waals surface area contributed by atoms with Crippen LogP contribution in [0.4, 0.5) is 5.69 Å². The van der Waals surface area contributed by atoms with E-state index in [1.165, 1.54) is 12.1 Å². The van der Waals surface area contributed by atoms with E-state index in [0.29, 0.717) is 18.5 Å². The molecule has 0 radical (unpaired) electrons. The molecule has 1 unspecified atom stereocenters. The Kier molecular flexibility index (Phi) is 2.55. The summed E-state index contributed by atoms with van der Waals surface area (Å²) >= 11 is 0. The molecule has 0 aromatic carbocycles. The van der Waals surface area contributed by atoms with E-state index in [4.69, 9.17) is 10.8 Å². The number of nitro groups is 1. The van der Waals surface area contributed by atoms with Gasteiger partial charge in [-0.05, 0) is 18.9 Å². The van der Waals surface area contributed by atoms with Crippen LogP contribution in [0.3, 0.4) is 0 Å². The van der Waals surface area contributed by atoms with E-state index in [0.717, 1.165) is 6.20 Å². The van der Waals surface area contributed by atoms with Crippen molar-refractivity contribution in [1.82, 2.24) is 4.98 Å². The zero-order valence-corrected chi connectivity index (χ0v) is 8.87. The maximum absolute atomic E-state index is 10.9. The van der Waals surface area contributed by atoms with Crippen LogP contribution >= 0.6 is 0 Å². The number of aromatic nitrogens is 1. The zero-order valence-electron chi connectivity index (χ0n) is 8.87. The van der Waals surface area contributed by atoms with Crippen LogP contribution in [0, 0.1) is 10.1 Å². The Hall–Kier alpha value is -2.02. The zero-order chi connectivity index (χ0) is 12.6. The van der Waals surface area contributed by atoms with E-state index < -0.39 is 22.3 Å². The summed E-state index contributed by atoms with van der Waals surface area (Å²) in [6.45, 7) is 0. The topological polar surface area (TPSA) is 119 Å². The van der Waals surface area contributed by atoms with Gasteiger partial charge in [-0.3, -0.25) is 19.9 Å². The Morgan fingerprint density at radius 3 is 2.59 bits per heavy atom. The summed E-state index contributed by atoms with van der Waals surface area (Å²) in [5.74, 6) is -1.08. The number of nitrogens with two attached hydrogens (primary N) is 1. The van der Waals surface area contributed by atoms with Gasteiger partial charge < -0.3 is 10.8 Å². The molecule has 7 heteroatoms. The largest absolute Gasteiger partial charge is 0.480 e. The third kappa shape index (κ3) is 1.84. The number of hydrogen-bond donors (Lipinski definition) is 2. The van der Waals surface area contributed by atoms with Crippen LogP contribution < -0.4 is 5.73 Å². The van der Waals surface area contributed by atoms with Crippen molar-refractivity contribution in [2.45, 2.75) is 24.3 Å². The summed E-state index contributed by atoms with van der Waals surface area (Å²) in [6.07, 6.45) is 2.42. The lowest BCUT2D eigenvalue weighted by Gasteiger charge is -2.18. The molecule has 1 fully saturated rings. The van der Waals surface area contributed by atoms with Crippen molar-refractivity contribution in [2.24, 2.45) is 5.73 Å². The second-order valence-electron chi connectivity index (χ2n) is 4.13. The molecule has 0 aliphatic heterocycles. The third-order valence-corrected chi connectivity index (χ3v) is 3.12. The van der Waals surface area contributed by atoms with Crippen molar-refractivity contribution < 1.29 is 14.8 Å². The molecule has 1 saturated carbocycles. The molecule has 1 aromatic rings. The molecule has 0 spiro atoms. The molecule has 7 nitrogen and oxygen atoms in total. The second kappa shape index (κ2) is 3.77. The van der Waals surface area contributed by atoms with Gasteiger partial charge in [-0.15, -0.1) is 0 Å². The average Bonchev–Trinajstić information content (AvgIpc) is 3.09. The second-order valence-corrected chi connectivity index (χ2v) is 4.13. The number of carboxylic acid groups (broad SMARTS) is 1. The summed E-state index contributed by atoms with van der Waals surface area (Å²) in [7, 11) is 0. The highest BCUT2D eigenvalue weighted by atomic mass is 16.6. The van der Waals surface area contributed by atoms with E-state index in [9.17, 15) is 14.9 Å². The van der Waals surface area contributed by atoms with Crippen LogP contribution in [-0.2, 0) is 10.2 Å². The molecule has 0 saturated heterocycles. The minimum absolute atomic E-state index is 0.117. The van der Waals surface area contributed by atoms with Crippen molar-refractivity contribution >= 4 is 11.7 Å². The van der Waals surface area contributed by atoms with Gasteiger partial charge in [-0.1, -0.05) is 0 Å². The van der Waals surface area contributed by atoms with Crippen LogP contribution in [0.5, 0.6) is 0 Å². The van der Waals surface area contributed by atoms with Gasteiger partial charge in [-0.25, -0.2) is 0 Å². The first-order chi connectivity index (χ1) is 7.97. The van der Waals surface area contributed by atoms with Gasteiger partial charge in [-0.2, -0.15) is 0 Å². The van der Waals surface area contributed by atoms with Crippen molar-refractivity contribution in [3.8, 4) is 0 Å². The molecule has 1 aliphatic rings. The Morgan fingerprint density at radius 2 is 2.24 bits per heavy atom. The number of carboxylic acids is 1. The lowest BCUT2D eigenvalue weighted by molar-refractivity contribution is -0.385. The summed E-state index contributed by atoms with van der Waals surface area (Å²) in [5, 5.41) is 19.4. The first-order valence-corrected chi connectivity index (χ1v) is 5.07. The van der Waals surface area contributed by atoms with E-state index in [-0.39, 0.29) is 5.69 Å². The van der Waals surface area contributed by atoms with E-state index >= 15 is 0 Å². The van der Waals surface area contributed by atoms with Crippen molar-refractivity contribution in [1.29, 1.82) is 0 Å². The molecule has 1 atom stereocenters. The maximum atomic E-state index is 10.9. The normalized spacial score (nSPS) is 18.4. The molecule has 3 N–H and O–H groups in total. The van der Waals surface area contributed by atoms with Crippen LogP contribution in [-0.4, -0.2) is 27.0 Å². The van der Waals surface area contributed by atoms with Gasteiger partial charge in [0.1, 0.15) is 12.2 Å². The quantitative estimate of drug-likeness (QED) is 0.579. The summed E-state index contributed by atoms with van der Waals surface area (Å²) in [6, 6.07) is 1.78. The highest BCUT2D eigenvalue weighted by Gasteiger charge is 2.53. The fourth-order valence-corrected chi connectivity index (χ4v) is 1.89. The van der Waals surface area contributed by atoms with E-state index in [1.54, 1.807) is 0 Å². The third-order valence-electron chi connectivity index (χ3n) is 3.12. The number of hydrogen-bond acceptors (Lipinski definition) is 5. The van der Waals surface area contributed by atoms with Crippen LogP contribution in [0.25, 0.3) is 0 Å². The molecular weight excluding hydrogens is 226 g/mol. The van der Waals surface area contributed by atoms with Gasteiger partial charge in [0.2, 0.25) is 0 Å². The Morgan fingerprint density at radius 1 is 1.59 bits per heavy atom. The van der Waals surface area contributed by atoms with Gasteiger partial charge in [0.05, 0.1) is 4.92 Å². The number of aliphatic carboxylic acids is 1. The van der Waals surface area contributed by atoms with Gasteiger partial charge in [0.15, 0.2) is 0 Å². The van der Waals surface area contributed by atoms with Gasteiger partial charge >= 0.3 is 5.97 Å². The van der Waals surface area contributed by atoms with Crippen molar-refractivity contribution in [3.63, 3.8) is 0 Å². The van der Waals surface area contributed by atoms with Gasteiger partial charge in [0.25, 0.3) is 5.69 Å². The van der Waals surface area contributed by atoms with E-state index in [2.05, 4.69) is 4.98 Å². The number of nitrogens with zero attached hydrogens (tertiary/aromatic N) is 2. The summed E-state index contributed by atoms with van der Waals surface area (Å²) in [5.41, 5.74) is 5.36. The van der Waals surface area contributed by atoms with Crippen molar-refractivity contribution in [2.75, 3.05) is 0 Å². The molecule has 17 heavy (non-hydrogen) atoms. The lowest BCUT2D eigenvalue weighted by Crippen LogP contribution is -2.42. The van der Waals surface area contributed by atoms with Crippen LogP contribution in [0.15, 0.2) is 18.3 Å². The van der Waals surface area contributed by atoms with Gasteiger partial charge in [0, 0.05) is 17.2 Å². The average molecular weight is 237 g/mol. The molecule has 0 bridgehead atoms. The highest BCUT2D eigenvalue weighted by molar-refractivity contribution is 5.76. The maximum Gasteiger partial charge on any atom is 0.321 e. The SMILES string of the molecule is NC(C(=O)O)C1(c2ccc([N+](=O)[O-])cn2)CC1.